The average molecular weight is 337 g/mol. The number of Topliss-reactive ketones (excluding diaryl/α,β-unsaturated/α-hetero) is 1. The summed E-state index contributed by atoms with van der Waals surface area (Å²) in [5, 5.41) is 6.94. The van der Waals surface area contributed by atoms with Crippen molar-refractivity contribution in [3.63, 3.8) is 0 Å². The van der Waals surface area contributed by atoms with Gasteiger partial charge in [0, 0.05) is 22.2 Å². The summed E-state index contributed by atoms with van der Waals surface area (Å²) in [6.07, 6.45) is 2.42. The van der Waals surface area contributed by atoms with E-state index in [0.29, 0.717) is 11.5 Å². The van der Waals surface area contributed by atoms with E-state index in [9.17, 15) is 4.79 Å². The van der Waals surface area contributed by atoms with Crippen LogP contribution in [-0.2, 0) is 4.79 Å². The minimum atomic E-state index is -0.131. The van der Waals surface area contributed by atoms with Gasteiger partial charge in [0.2, 0.25) is 0 Å². The zero-order valence-electron chi connectivity index (χ0n) is 10.2. The maximum absolute atomic E-state index is 12.2. The number of carbonyl (C=O) groups excluding carboxylic acids is 1. The number of hydrogen-bond acceptors (Lipinski definition) is 2. The summed E-state index contributed by atoms with van der Waals surface area (Å²) < 4.78 is 1.00. The first-order valence-corrected chi connectivity index (χ1v) is 7.44. The first-order chi connectivity index (χ1) is 9.15. The maximum Gasteiger partial charge on any atom is 0.171 e. The smallest absolute Gasteiger partial charge is 0.171 e. The van der Waals surface area contributed by atoms with Crippen molar-refractivity contribution >= 4 is 39.0 Å². The van der Waals surface area contributed by atoms with E-state index in [0.717, 1.165) is 34.1 Å². The van der Waals surface area contributed by atoms with Crippen LogP contribution in [0.15, 0.2) is 40.0 Å². The van der Waals surface area contributed by atoms with Crippen molar-refractivity contribution in [1.29, 1.82) is 0 Å². The maximum atomic E-state index is 12.2. The lowest BCUT2D eigenvalue weighted by atomic mass is 9.85. The fourth-order valence-electron chi connectivity index (χ4n) is 2.64. The summed E-state index contributed by atoms with van der Waals surface area (Å²) in [6, 6.07) is 7.86. The van der Waals surface area contributed by atoms with Gasteiger partial charge >= 0.3 is 0 Å². The van der Waals surface area contributed by atoms with Crippen LogP contribution in [-0.4, -0.2) is 10.9 Å². The molecule has 19 heavy (non-hydrogen) atoms. The molecule has 1 atom stereocenters. The Morgan fingerprint density at radius 1 is 1.32 bits per heavy atom. The third-order valence-corrected chi connectivity index (χ3v) is 4.18. The van der Waals surface area contributed by atoms with E-state index in [1.54, 1.807) is 0 Å². The van der Waals surface area contributed by atoms with Gasteiger partial charge in [0.05, 0.1) is 6.04 Å². The van der Waals surface area contributed by atoms with Crippen molar-refractivity contribution in [2.75, 3.05) is 0 Å². The highest BCUT2D eigenvalue weighted by Crippen LogP contribution is 2.34. The summed E-state index contributed by atoms with van der Waals surface area (Å²) in [7, 11) is 0. The molecule has 0 saturated carbocycles. The van der Waals surface area contributed by atoms with Gasteiger partial charge < -0.3 is 10.6 Å². The Kier molecular flexibility index (Phi) is 3.41. The molecule has 1 unspecified atom stereocenters. The molecule has 0 spiro atoms. The Balaban J connectivity index is 2.08. The molecule has 0 amide bonds. The molecular formula is C14H13BrN2OS. The predicted molar refractivity (Wildman–Crippen MR) is 81.6 cm³/mol. The summed E-state index contributed by atoms with van der Waals surface area (Å²) >= 11 is 8.71. The van der Waals surface area contributed by atoms with Crippen LogP contribution in [0.3, 0.4) is 0 Å². The van der Waals surface area contributed by atoms with Gasteiger partial charge in [-0.25, -0.2) is 0 Å². The lowest BCUT2D eigenvalue weighted by Crippen LogP contribution is -2.46. The second-order valence-corrected chi connectivity index (χ2v) is 6.08. The Morgan fingerprint density at radius 3 is 2.95 bits per heavy atom. The Labute approximate surface area is 125 Å². The van der Waals surface area contributed by atoms with E-state index in [4.69, 9.17) is 12.2 Å². The highest BCUT2D eigenvalue weighted by molar-refractivity contribution is 9.10. The van der Waals surface area contributed by atoms with Crippen molar-refractivity contribution in [3.05, 3.63) is 45.6 Å². The number of rotatable bonds is 1. The molecule has 0 bridgehead atoms. The van der Waals surface area contributed by atoms with Crippen LogP contribution >= 0.6 is 28.1 Å². The summed E-state index contributed by atoms with van der Waals surface area (Å²) in [4.78, 5) is 12.2. The van der Waals surface area contributed by atoms with Crippen molar-refractivity contribution < 1.29 is 4.79 Å². The standard InChI is InChI=1S/C14H13BrN2OS/c15-9-4-1-3-8(7-9)13-12-10(16-14(19)17-13)5-2-6-11(12)18/h1,3-4,7,13H,2,5-6H2,(H2,16,17,19). The van der Waals surface area contributed by atoms with Crippen molar-refractivity contribution in [2.45, 2.75) is 25.3 Å². The highest BCUT2D eigenvalue weighted by Gasteiger charge is 2.32. The zero-order chi connectivity index (χ0) is 13.4. The molecule has 5 heteroatoms. The first-order valence-electron chi connectivity index (χ1n) is 6.24. The number of thiocarbonyl (C=S) groups is 1. The number of ketones is 1. The zero-order valence-corrected chi connectivity index (χ0v) is 12.6. The molecule has 2 aliphatic rings. The fourth-order valence-corrected chi connectivity index (χ4v) is 3.30. The molecule has 98 valence electrons. The Bertz CT molecular complexity index is 597. The molecule has 1 heterocycles. The number of carbonyl (C=O) groups is 1. The lowest BCUT2D eigenvalue weighted by Gasteiger charge is -2.33. The summed E-state index contributed by atoms with van der Waals surface area (Å²) in [6.45, 7) is 0. The van der Waals surface area contributed by atoms with Gasteiger partial charge in [0.1, 0.15) is 0 Å². The summed E-state index contributed by atoms with van der Waals surface area (Å²) in [5.74, 6) is 0.216. The molecule has 1 aliphatic heterocycles. The van der Waals surface area contributed by atoms with Crippen molar-refractivity contribution in [2.24, 2.45) is 0 Å². The van der Waals surface area contributed by atoms with E-state index >= 15 is 0 Å². The van der Waals surface area contributed by atoms with Gasteiger partial charge in [-0.05, 0) is 42.8 Å². The second kappa shape index (κ2) is 5.06. The third kappa shape index (κ3) is 2.44. The number of allylic oxidation sites excluding steroid dienone is 1. The van der Waals surface area contributed by atoms with E-state index in [1.807, 2.05) is 24.3 Å². The van der Waals surface area contributed by atoms with Crippen molar-refractivity contribution in [1.82, 2.24) is 10.6 Å². The molecule has 1 aromatic carbocycles. The molecule has 2 N–H and O–H groups in total. The van der Waals surface area contributed by atoms with Gasteiger partial charge in [0.25, 0.3) is 0 Å². The molecule has 3 nitrogen and oxygen atoms in total. The van der Waals surface area contributed by atoms with E-state index in [-0.39, 0.29) is 11.8 Å². The van der Waals surface area contributed by atoms with Crippen molar-refractivity contribution in [3.8, 4) is 0 Å². The van der Waals surface area contributed by atoms with Crippen LogP contribution in [0.25, 0.3) is 0 Å². The molecule has 1 aliphatic carbocycles. The van der Waals surface area contributed by atoms with E-state index in [2.05, 4.69) is 26.6 Å². The molecular weight excluding hydrogens is 324 g/mol. The molecule has 0 aromatic heterocycles. The van der Waals surface area contributed by atoms with Crippen LogP contribution in [0.4, 0.5) is 0 Å². The normalized spacial score (nSPS) is 22.7. The minimum Gasteiger partial charge on any atom is -0.351 e. The monoisotopic (exact) mass is 336 g/mol. The van der Waals surface area contributed by atoms with Crippen LogP contribution < -0.4 is 10.6 Å². The van der Waals surface area contributed by atoms with Crippen LogP contribution in [0.1, 0.15) is 30.9 Å². The third-order valence-electron chi connectivity index (χ3n) is 3.47. The molecule has 0 saturated heterocycles. The number of benzene rings is 1. The van der Waals surface area contributed by atoms with Gasteiger partial charge in [-0.2, -0.15) is 0 Å². The van der Waals surface area contributed by atoms with Crippen LogP contribution in [0.5, 0.6) is 0 Å². The molecule has 3 rings (SSSR count). The Hall–Kier alpha value is -1.20. The lowest BCUT2D eigenvalue weighted by molar-refractivity contribution is -0.116. The molecule has 0 fully saturated rings. The SMILES string of the molecule is O=C1CCCC2=C1C(c1cccc(Br)c1)NC(=S)N2. The summed E-state index contributed by atoms with van der Waals surface area (Å²) in [5.41, 5.74) is 2.89. The van der Waals surface area contributed by atoms with Gasteiger partial charge in [-0.1, -0.05) is 28.1 Å². The van der Waals surface area contributed by atoms with Gasteiger partial charge in [-0.3, -0.25) is 4.79 Å². The number of halogens is 1. The quantitative estimate of drug-likeness (QED) is 0.773. The van der Waals surface area contributed by atoms with Gasteiger partial charge in [-0.15, -0.1) is 0 Å². The average Bonchev–Trinajstić information content (AvgIpc) is 2.37. The number of nitrogens with one attached hydrogen (secondary N) is 2. The van der Waals surface area contributed by atoms with Crippen LogP contribution in [0, 0.1) is 0 Å². The topological polar surface area (TPSA) is 41.1 Å². The minimum absolute atomic E-state index is 0.131. The largest absolute Gasteiger partial charge is 0.351 e. The number of hydrogen-bond donors (Lipinski definition) is 2. The van der Waals surface area contributed by atoms with Crippen LogP contribution in [0.2, 0.25) is 0 Å². The molecule has 0 radical (unpaired) electrons. The fraction of sp³-hybridized carbons (Fsp3) is 0.286. The van der Waals surface area contributed by atoms with E-state index < -0.39 is 0 Å². The first kappa shape index (κ1) is 12.8. The highest BCUT2D eigenvalue weighted by atomic mass is 79.9. The van der Waals surface area contributed by atoms with E-state index in [1.165, 1.54) is 0 Å². The molecule has 1 aromatic rings. The predicted octanol–water partition coefficient (Wildman–Crippen LogP) is 2.98. The van der Waals surface area contributed by atoms with Gasteiger partial charge in [0.15, 0.2) is 10.9 Å². The second-order valence-electron chi connectivity index (χ2n) is 4.76. The Morgan fingerprint density at radius 2 is 2.16 bits per heavy atom.